The van der Waals surface area contributed by atoms with Crippen LogP contribution in [0.3, 0.4) is 0 Å². The minimum absolute atomic E-state index is 0.0655. The summed E-state index contributed by atoms with van der Waals surface area (Å²) < 4.78 is 0. The summed E-state index contributed by atoms with van der Waals surface area (Å²) in [7, 11) is 0. The standard InChI is InChI=1S/C17H19N3O2/c1-12(14-6-8-18-9-7-14)10-17(22)20-16-5-3-4-15(11-16)19-13(2)21/h3-9,11-12H,10H2,1-2H3,(H,19,21)(H,20,22)/t12-/m1/s1. The number of nitrogens with zero attached hydrogens (tertiary/aromatic N) is 1. The zero-order chi connectivity index (χ0) is 15.9. The molecule has 114 valence electrons. The number of anilines is 2. The molecule has 0 aliphatic carbocycles. The van der Waals surface area contributed by atoms with Gasteiger partial charge >= 0.3 is 0 Å². The van der Waals surface area contributed by atoms with Gasteiger partial charge in [-0.15, -0.1) is 0 Å². The molecule has 0 unspecified atom stereocenters. The van der Waals surface area contributed by atoms with Crippen molar-refractivity contribution in [3.05, 3.63) is 54.4 Å². The van der Waals surface area contributed by atoms with Crippen LogP contribution in [0.4, 0.5) is 11.4 Å². The Morgan fingerprint density at radius 3 is 2.36 bits per heavy atom. The zero-order valence-electron chi connectivity index (χ0n) is 12.7. The van der Waals surface area contributed by atoms with Gasteiger partial charge in [0.25, 0.3) is 0 Å². The fraction of sp³-hybridized carbons (Fsp3) is 0.235. The van der Waals surface area contributed by atoms with Gasteiger partial charge in [0.15, 0.2) is 0 Å². The second-order valence-electron chi connectivity index (χ2n) is 5.20. The Morgan fingerprint density at radius 1 is 1.09 bits per heavy atom. The van der Waals surface area contributed by atoms with Crippen molar-refractivity contribution in [2.75, 3.05) is 10.6 Å². The van der Waals surface area contributed by atoms with Gasteiger partial charge in [0.1, 0.15) is 0 Å². The van der Waals surface area contributed by atoms with Crippen LogP contribution in [0.15, 0.2) is 48.8 Å². The summed E-state index contributed by atoms with van der Waals surface area (Å²) in [4.78, 5) is 27.1. The number of benzene rings is 1. The van der Waals surface area contributed by atoms with E-state index in [1.807, 2.05) is 19.1 Å². The third kappa shape index (κ3) is 4.70. The summed E-state index contributed by atoms with van der Waals surface area (Å²) in [6, 6.07) is 10.9. The lowest BCUT2D eigenvalue weighted by atomic mass is 9.98. The van der Waals surface area contributed by atoms with Gasteiger partial charge in [0, 0.05) is 37.1 Å². The van der Waals surface area contributed by atoms with Crippen LogP contribution in [0.1, 0.15) is 31.7 Å². The number of hydrogen-bond acceptors (Lipinski definition) is 3. The number of carbonyl (C=O) groups excluding carboxylic acids is 2. The highest BCUT2D eigenvalue weighted by Gasteiger charge is 2.11. The van der Waals surface area contributed by atoms with Gasteiger partial charge < -0.3 is 10.6 Å². The first kappa shape index (κ1) is 15.7. The molecule has 0 radical (unpaired) electrons. The fourth-order valence-electron chi connectivity index (χ4n) is 2.18. The SMILES string of the molecule is CC(=O)Nc1cccc(NC(=O)C[C@@H](C)c2ccncc2)c1. The number of rotatable bonds is 5. The second kappa shape index (κ2) is 7.36. The Morgan fingerprint density at radius 2 is 1.73 bits per heavy atom. The molecule has 22 heavy (non-hydrogen) atoms. The van der Waals surface area contributed by atoms with Crippen molar-refractivity contribution in [3.8, 4) is 0 Å². The molecular weight excluding hydrogens is 278 g/mol. The Labute approximate surface area is 129 Å². The molecule has 1 aromatic carbocycles. The summed E-state index contributed by atoms with van der Waals surface area (Å²) in [5.41, 5.74) is 2.41. The molecule has 2 amide bonds. The Bertz CT molecular complexity index is 656. The molecule has 0 saturated carbocycles. The van der Waals surface area contributed by atoms with Crippen molar-refractivity contribution < 1.29 is 9.59 Å². The van der Waals surface area contributed by atoms with E-state index in [0.29, 0.717) is 17.8 Å². The van der Waals surface area contributed by atoms with E-state index in [4.69, 9.17) is 0 Å². The van der Waals surface area contributed by atoms with Crippen LogP contribution in [0, 0.1) is 0 Å². The van der Waals surface area contributed by atoms with Gasteiger partial charge in [-0.3, -0.25) is 14.6 Å². The first-order valence-corrected chi connectivity index (χ1v) is 7.12. The monoisotopic (exact) mass is 297 g/mol. The van der Waals surface area contributed by atoms with Gasteiger partial charge in [-0.1, -0.05) is 13.0 Å². The van der Waals surface area contributed by atoms with E-state index in [-0.39, 0.29) is 17.7 Å². The van der Waals surface area contributed by atoms with E-state index in [1.165, 1.54) is 6.92 Å². The second-order valence-corrected chi connectivity index (χ2v) is 5.20. The van der Waals surface area contributed by atoms with Crippen LogP contribution >= 0.6 is 0 Å². The summed E-state index contributed by atoms with van der Waals surface area (Å²) >= 11 is 0. The molecule has 0 spiro atoms. The van der Waals surface area contributed by atoms with Crippen LogP contribution in [-0.2, 0) is 9.59 Å². The number of carbonyl (C=O) groups is 2. The molecule has 0 aliphatic rings. The van der Waals surface area contributed by atoms with Gasteiger partial charge in [-0.25, -0.2) is 0 Å². The number of nitrogens with one attached hydrogen (secondary N) is 2. The van der Waals surface area contributed by atoms with E-state index in [2.05, 4.69) is 15.6 Å². The van der Waals surface area contributed by atoms with Crippen molar-refractivity contribution in [1.29, 1.82) is 0 Å². The topological polar surface area (TPSA) is 71.1 Å². The molecule has 5 nitrogen and oxygen atoms in total. The zero-order valence-corrected chi connectivity index (χ0v) is 12.7. The van der Waals surface area contributed by atoms with Crippen molar-refractivity contribution in [1.82, 2.24) is 4.98 Å². The van der Waals surface area contributed by atoms with E-state index >= 15 is 0 Å². The highest BCUT2D eigenvalue weighted by atomic mass is 16.2. The first-order chi connectivity index (χ1) is 10.5. The normalized spacial score (nSPS) is 11.5. The van der Waals surface area contributed by atoms with Gasteiger partial charge in [-0.2, -0.15) is 0 Å². The van der Waals surface area contributed by atoms with Crippen LogP contribution < -0.4 is 10.6 Å². The van der Waals surface area contributed by atoms with Crippen LogP contribution in [0.5, 0.6) is 0 Å². The maximum absolute atomic E-state index is 12.1. The molecular formula is C17H19N3O2. The lowest BCUT2D eigenvalue weighted by Crippen LogP contribution is -2.14. The fourth-order valence-corrected chi connectivity index (χ4v) is 2.18. The Kier molecular flexibility index (Phi) is 5.25. The van der Waals surface area contributed by atoms with Crippen molar-refractivity contribution in [3.63, 3.8) is 0 Å². The predicted molar refractivity (Wildman–Crippen MR) is 86.6 cm³/mol. The summed E-state index contributed by atoms with van der Waals surface area (Å²) in [6.45, 7) is 3.45. The molecule has 2 aromatic rings. The molecule has 1 aromatic heterocycles. The Hall–Kier alpha value is -2.69. The van der Waals surface area contributed by atoms with Crippen molar-refractivity contribution in [2.24, 2.45) is 0 Å². The van der Waals surface area contributed by atoms with Crippen molar-refractivity contribution in [2.45, 2.75) is 26.2 Å². The third-order valence-electron chi connectivity index (χ3n) is 3.23. The number of hydrogen-bond donors (Lipinski definition) is 2. The minimum atomic E-state index is -0.144. The third-order valence-corrected chi connectivity index (χ3v) is 3.23. The summed E-state index contributed by atoms with van der Waals surface area (Å²) in [6.07, 6.45) is 3.83. The lowest BCUT2D eigenvalue weighted by molar-refractivity contribution is -0.116. The highest BCUT2D eigenvalue weighted by molar-refractivity contribution is 5.93. The quantitative estimate of drug-likeness (QED) is 0.890. The highest BCUT2D eigenvalue weighted by Crippen LogP contribution is 2.20. The van der Waals surface area contributed by atoms with Gasteiger partial charge in [-0.05, 0) is 41.8 Å². The molecule has 1 atom stereocenters. The molecule has 0 aliphatic heterocycles. The van der Waals surface area contributed by atoms with Crippen LogP contribution in [0.2, 0.25) is 0 Å². The lowest BCUT2D eigenvalue weighted by Gasteiger charge is -2.12. The summed E-state index contributed by atoms with van der Waals surface area (Å²) in [5.74, 6) is -0.0967. The number of aromatic nitrogens is 1. The number of amides is 2. The maximum Gasteiger partial charge on any atom is 0.224 e. The van der Waals surface area contributed by atoms with Crippen LogP contribution in [0.25, 0.3) is 0 Å². The van der Waals surface area contributed by atoms with Gasteiger partial charge in [0.05, 0.1) is 0 Å². The van der Waals surface area contributed by atoms with Gasteiger partial charge in [0.2, 0.25) is 11.8 Å². The average Bonchev–Trinajstić information content (AvgIpc) is 2.47. The molecule has 0 fully saturated rings. The molecule has 2 rings (SSSR count). The van der Waals surface area contributed by atoms with E-state index in [0.717, 1.165) is 5.56 Å². The minimum Gasteiger partial charge on any atom is -0.326 e. The molecule has 5 heteroatoms. The average molecular weight is 297 g/mol. The smallest absolute Gasteiger partial charge is 0.224 e. The first-order valence-electron chi connectivity index (χ1n) is 7.12. The maximum atomic E-state index is 12.1. The molecule has 0 saturated heterocycles. The predicted octanol–water partition coefficient (Wildman–Crippen LogP) is 3.17. The van der Waals surface area contributed by atoms with Crippen molar-refractivity contribution >= 4 is 23.2 Å². The molecule has 2 N–H and O–H groups in total. The van der Waals surface area contributed by atoms with E-state index in [1.54, 1.807) is 36.7 Å². The van der Waals surface area contributed by atoms with E-state index < -0.39 is 0 Å². The van der Waals surface area contributed by atoms with E-state index in [9.17, 15) is 9.59 Å². The van der Waals surface area contributed by atoms with Crippen LogP contribution in [-0.4, -0.2) is 16.8 Å². The molecule has 1 heterocycles. The summed E-state index contributed by atoms with van der Waals surface area (Å²) in [5, 5.41) is 5.54. The largest absolute Gasteiger partial charge is 0.326 e. The number of pyridine rings is 1. The Balaban J connectivity index is 1.96. The molecule has 0 bridgehead atoms.